The molecule has 3 rings (SSSR count). The van der Waals surface area contributed by atoms with Gasteiger partial charge in [0.1, 0.15) is 23.8 Å². The molecule has 10 heteroatoms. The van der Waals surface area contributed by atoms with Crippen molar-refractivity contribution in [1.82, 2.24) is 14.8 Å². The molecule has 2 aromatic rings. The third-order valence-corrected chi connectivity index (χ3v) is 3.55. The standard InChI is InChI=1S/C14H14N6O4/c1-2-24-13(21)10-11(8-5-3-4-6-9(8)20(22)23)19-14(16-7-17-19)18-12(10)15/h3-7,11H,2,15H2,1H3,(H,16,17,18). The number of esters is 1. The van der Waals surface area contributed by atoms with Gasteiger partial charge in [-0.25, -0.2) is 9.48 Å². The first-order valence-corrected chi connectivity index (χ1v) is 7.11. The van der Waals surface area contributed by atoms with Gasteiger partial charge in [0.2, 0.25) is 5.95 Å². The number of carbonyl (C=O) groups excluding carboxylic acids is 1. The number of aromatic nitrogens is 3. The maximum Gasteiger partial charge on any atom is 0.340 e. The Hall–Kier alpha value is -3.43. The van der Waals surface area contributed by atoms with E-state index in [4.69, 9.17) is 10.5 Å². The van der Waals surface area contributed by atoms with Crippen LogP contribution in [0.25, 0.3) is 0 Å². The summed E-state index contributed by atoms with van der Waals surface area (Å²) in [7, 11) is 0. The molecule has 0 bridgehead atoms. The van der Waals surface area contributed by atoms with E-state index in [1.54, 1.807) is 25.1 Å². The van der Waals surface area contributed by atoms with Gasteiger partial charge in [-0.1, -0.05) is 12.1 Å². The molecular formula is C14H14N6O4. The van der Waals surface area contributed by atoms with Crippen LogP contribution in [0.2, 0.25) is 0 Å². The lowest BCUT2D eigenvalue weighted by Gasteiger charge is -2.27. The molecule has 1 atom stereocenters. The lowest BCUT2D eigenvalue weighted by molar-refractivity contribution is -0.385. The predicted molar refractivity (Wildman–Crippen MR) is 82.7 cm³/mol. The van der Waals surface area contributed by atoms with E-state index in [0.29, 0.717) is 0 Å². The number of anilines is 1. The molecule has 1 aromatic carbocycles. The van der Waals surface area contributed by atoms with Crippen molar-refractivity contribution in [3.8, 4) is 0 Å². The molecule has 124 valence electrons. The zero-order chi connectivity index (χ0) is 17.3. The van der Waals surface area contributed by atoms with Gasteiger partial charge in [0.15, 0.2) is 0 Å². The van der Waals surface area contributed by atoms with Crippen molar-refractivity contribution in [2.75, 3.05) is 11.9 Å². The SMILES string of the molecule is CCOC(=O)C1=C(N)Nc2ncnn2C1c1ccccc1[N+](=O)[O-]. The van der Waals surface area contributed by atoms with Crippen molar-refractivity contribution in [1.29, 1.82) is 0 Å². The summed E-state index contributed by atoms with van der Waals surface area (Å²) < 4.78 is 6.41. The highest BCUT2D eigenvalue weighted by Gasteiger charge is 2.38. The van der Waals surface area contributed by atoms with Crippen LogP contribution in [0.15, 0.2) is 42.0 Å². The molecule has 0 saturated carbocycles. The van der Waals surface area contributed by atoms with E-state index in [2.05, 4.69) is 15.4 Å². The number of nitrogens with zero attached hydrogens (tertiary/aromatic N) is 4. The minimum atomic E-state index is -0.913. The number of hydrogen-bond acceptors (Lipinski definition) is 8. The molecule has 0 saturated heterocycles. The second kappa shape index (κ2) is 5.99. The Balaban J connectivity index is 2.22. The first-order chi connectivity index (χ1) is 11.5. The molecule has 1 unspecified atom stereocenters. The average Bonchev–Trinajstić information content (AvgIpc) is 3.01. The van der Waals surface area contributed by atoms with Crippen LogP contribution >= 0.6 is 0 Å². The number of para-hydroxylation sites is 1. The van der Waals surface area contributed by atoms with Crippen molar-refractivity contribution in [3.63, 3.8) is 0 Å². The molecule has 0 radical (unpaired) electrons. The summed E-state index contributed by atoms with van der Waals surface area (Å²) in [5, 5.41) is 18.2. The van der Waals surface area contributed by atoms with E-state index in [0.717, 1.165) is 0 Å². The molecular weight excluding hydrogens is 316 g/mol. The van der Waals surface area contributed by atoms with Gasteiger partial charge < -0.3 is 15.8 Å². The molecule has 0 spiro atoms. The minimum absolute atomic E-state index is 0.0251. The molecule has 1 aromatic heterocycles. The van der Waals surface area contributed by atoms with Crippen LogP contribution in [0.5, 0.6) is 0 Å². The first-order valence-electron chi connectivity index (χ1n) is 7.11. The molecule has 2 heterocycles. The quantitative estimate of drug-likeness (QED) is 0.479. The lowest BCUT2D eigenvalue weighted by Crippen LogP contribution is -2.33. The van der Waals surface area contributed by atoms with Crippen LogP contribution in [-0.2, 0) is 9.53 Å². The number of ether oxygens (including phenoxy) is 1. The highest BCUT2D eigenvalue weighted by Crippen LogP contribution is 2.37. The molecule has 3 N–H and O–H groups in total. The van der Waals surface area contributed by atoms with Gasteiger partial charge in [0.05, 0.1) is 17.1 Å². The van der Waals surface area contributed by atoms with E-state index in [9.17, 15) is 14.9 Å². The van der Waals surface area contributed by atoms with Crippen molar-refractivity contribution in [2.45, 2.75) is 13.0 Å². The summed E-state index contributed by atoms with van der Waals surface area (Å²) in [4.78, 5) is 27.2. The largest absolute Gasteiger partial charge is 0.462 e. The highest BCUT2D eigenvalue weighted by molar-refractivity contribution is 5.92. The molecule has 0 aliphatic carbocycles. The summed E-state index contributed by atoms with van der Waals surface area (Å²) in [6, 6.07) is 5.17. The maximum atomic E-state index is 12.4. The van der Waals surface area contributed by atoms with Crippen LogP contribution in [0.1, 0.15) is 18.5 Å². The van der Waals surface area contributed by atoms with Gasteiger partial charge in [-0.3, -0.25) is 10.1 Å². The molecule has 1 aliphatic rings. The van der Waals surface area contributed by atoms with E-state index < -0.39 is 16.9 Å². The van der Waals surface area contributed by atoms with Gasteiger partial charge in [0.25, 0.3) is 5.69 Å². The van der Waals surface area contributed by atoms with Crippen LogP contribution in [0.3, 0.4) is 0 Å². The van der Waals surface area contributed by atoms with Crippen molar-refractivity contribution >= 4 is 17.6 Å². The number of benzene rings is 1. The Morgan fingerprint density at radius 2 is 2.25 bits per heavy atom. The normalized spacial score (nSPS) is 16.3. The topological polar surface area (TPSA) is 138 Å². The molecule has 1 aliphatic heterocycles. The number of fused-ring (bicyclic) bond motifs is 1. The fraction of sp³-hybridized carbons (Fsp3) is 0.214. The van der Waals surface area contributed by atoms with E-state index in [-0.39, 0.29) is 35.2 Å². The van der Waals surface area contributed by atoms with Gasteiger partial charge in [-0.05, 0) is 13.0 Å². The number of nitrogens with two attached hydrogens (primary N) is 1. The van der Waals surface area contributed by atoms with Crippen molar-refractivity contribution in [3.05, 3.63) is 57.7 Å². The van der Waals surface area contributed by atoms with Crippen molar-refractivity contribution < 1.29 is 14.5 Å². The minimum Gasteiger partial charge on any atom is -0.462 e. The Morgan fingerprint density at radius 3 is 2.96 bits per heavy atom. The molecule has 24 heavy (non-hydrogen) atoms. The fourth-order valence-electron chi connectivity index (χ4n) is 2.59. The van der Waals surface area contributed by atoms with Crippen LogP contribution < -0.4 is 11.1 Å². The van der Waals surface area contributed by atoms with E-state index >= 15 is 0 Å². The number of nitrogens with one attached hydrogen (secondary N) is 1. The second-order valence-electron chi connectivity index (χ2n) is 4.92. The summed E-state index contributed by atoms with van der Waals surface area (Å²) in [5.41, 5.74) is 6.11. The van der Waals surface area contributed by atoms with Gasteiger partial charge in [-0.2, -0.15) is 10.1 Å². The van der Waals surface area contributed by atoms with Gasteiger partial charge in [0, 0.05) is 6.07 Å². The first kappa shape index (κ1) is 15.5. The van der Waals surface area contributed by atoms with E-state index in [1.807, 2.05) is 0 Å². The van der Waals surface area contributed by atoms with Crippen LogP contribution in [-0.4, -0.2) is 32.3 Å². The predicted octanol–water partition coefficient (Wildman–Crippen LogP) is 0.935. The number of nitro groups is 1. The maximum absolute atomic E-state index is 12.4. The lowest BCUT2D eigenvalue weighted by atomic mass is 9.96. The van der Waals surface area contributed by atoms with Gasteiger partial charge >= 0.3 is 5.97 Å². The number of carbonyl (C=O) groups is 1. The molecule has 10 nitrogen and oxygen atoms in total. The number of hydrogen-bond donors (Lipinski definition) is 2. The Morgan fingerprint density at radius 1 is 1.50 bits per heavy atom. The zero-order valence-corrected chi connectivity index (χ0v) is 12.7. The van der Waals surface area contributed by atoms with Crippen LogP contribution in [0, 0.1) is 10.1 Å². The monoisotopic (exact) mass is 330 g/mol. The van der Waals surface area contributed by atoms with Crippen LogP contribution in [0.4, 0.5) is 11.6 Å². The Bertz CT molecular complexity index is 843. The third-order valence-electron chi connectivity index (χ3n) is 3.55. The van der Waals surface area contributed by atoms with Gasteiger partial charge in [-0.15, -0.1) is 0 Å². The highest BCUT2D eigenvalue weighted by atomic mass is 16.6. The Labute approximate surface area is 136 Å². The Kier molecular flexibility index (Phi) is 3.86. The average molecular weight is 330 g/mol. The second-order valence-corrected chi connectivity index (χ2v) is 4.92. The van der Waals surface area contributed by atoms with Crippen molar-refractivity contribution in [2.24, 2.45) is 5.73 Å². The summed E-state index contributed by atoms with van der Waals surface area (Å²) in [6.07, 6.45) is 1.27. The fourth-order valence-corrected chi connectivity index (χ4v) is 2.59. The smallest absolute Gasteiger partial charge is 0.340 e. The summed E-state index contributed by atoms with van der Waals surface area (Å²) in [5.74, 6) is -0.368. The molecule has 0 amide bonds. The summed E-state index contributed by atoms with van der Waals surface area (Å²) in [6.45, 7) is 1.80. The van der Waals surface area contributed by atoms with E-state index in [1.165, 1.54) is 17.1 Å². The zero-order valence-electron chi connectivity index (χ0n) is 12.7. The summed E-state index contributed by atoms with van der Waals surface area (Å²) >= 11 is 0. The third kappa shape index (κ3) is 2.43. The molecule has 0 fully saturated rings. The number of rotatable bonds is 4. The number of nitro benzene ring substituents is 1.